The first-order chi connectivity index (χ1) is 10.1. The van der Waals surface area contributed by atoms with Crippen LogP contribution >= 0.6 is 31.9 Å². The van der Waals surface area contributed by atoms with Gasteiger partial charge in [0.15, 0.2) is 0 Å². The summed E-state index contributed by atoms with van der Waals surface area (Å²) in [5.74, 6) is 0.0255. The lowest BCUT2D eigenvalue weighted by Gasteiger charge is -2.35. The molecule has 0 spiro atoms. The van der Waals surface area contributed by atoms with Gasteiger partial charge in [0, 0.05) is 34.6 Å². The molecule has 0 N–H and O–H groups in total. The number of rotatable bonds is 1. The Hall–Kier alpha value is -1.33. The van der Waals surface area contributed by atoms with Crippen molar-refractivity contribution in [2.75, 3.05) is 29.9 Å². The number of para-hydroxylation sites is 2. The summed E-state index contributed by atoms with van der Waals surface area (Å²) in [4.78, 5) is 16.9. The number of benzene rings is 2. The summed E-state index contributed by atoms with van der Waals surface area (Å²) in [5, 5.41) is 0. The molecule has 5 heteroatoms. The van der Waals surface area contributed by atoms with Crippen molar-refractivity contribution in [1.82, 2.24) is 0 Å². The Bertz CT molecular complexity index is 682. The van der Waals surface area contributed by atoms with Gasteiger partial charge in [-0.25, -0.2) is 0 Å². The highest BCUT2D eigenvalue weighted by molar-refractivity contribution is 9.11. The van der Waals surface area contributed by atoms with Crippen LogP contribution < -0.4 is 9.80 Å². The molecular weight excluding hydrogens is 396 g/mol. The number of hydrogen-bond donors (Lipinski definition) is 0. The Labute approximate surface area is 140 Å². The summed E-state index contributed by atoms with van der Waals surface area (Å²) >= 11 is 6.88. The second-order valence-electron chi connectivity index (χ2n) is 5.03. The minimum Gasteiger partial charge on any atom is -0.371 e. The number of hydrogen-bond acceptors (Lipinski definition) is 2. The fourth-order valence-electron chi connectivity index (χ4n) is 2.55. The summed E-state index contributed by atoms with van der Waals surface area (Å²) < 4.78 is 1.78. The van der Waals surface area contributed by atoms with E-state index >= 15 is 0 Å². The minimum atomic E-state index is 0.0255. The van der Waals surface area contributed by atoms with E-state index < -0.39 is 0 Å². The third-order valence-electron chi connectivity index (χ3n) is 3.60. The number of likely N-dealkylation sites (N-methyl/N-ethyl adjacent to an activating group) is 1. The second kappa shape index (κ2) is 5.81. The van der Waals surface area contributed by atoms with Gasteiger partial charge in [0.25, 0.3) is 5.91 Å². The van der Waals surface area contributed by atoms with Gasteiger partial charge in [0.2, 0.25) is 0 Å². The zero-order chi connectivity index (χ0) is 15.0. The highest BCUT2D eigenvalue weighted by atomic mass is 79.9. The zero-order valence-corrected chi connectivity index (χ0v) is 14.7. The Morgan fingerprint density at radius 3 is 2.29 bits per heavy atom. The van der Waals surface area contributed by atoms with E-state index in [0.29, 0.717) is 12.1 Å². The standard InChI is InChI=1S/C16H14Br2N2O/c1-19-6-7-20(15-5-3-2-4-14(15)19)16(21)11-8-12(17)10-13(18)9-11/h2-5,8-10H,6-7H2,1H3. The van der Waals surface area contributed by atoms with Gasteiger partial charge in [-0.2, -0.15) is 0 Å². The van der Waals surface area contributed by atoms with E-state index in [2.05, 4.69) is 43.8 Å². The SMILES string of the molecule is CN1CCN(C(=O)c2cc(Br)cc(Br)c2)c2ccccc21. The number of halogens is 2. The molecule has 0 aromatic heterocycles. The van der Waals surface area contributed by atoms with Crippen LogP contribution in [-0.4, -0.2) is 26.0 Å². The van der Waals surface area contributed by atoms with Crippen molar-refractivity contribution in [2.45, 2.75) is 0 Å². The van der Waals surface area contributed by atoms with E-state index in [4.69, 9.17) is 0 Å². The van der Waals surface area contributed by atoms with Crippen molar-refractivity contribution in [3.63, 3.8) is 0 Å². The maximum Gasteiger partial charge on any atom is 0.258 e. The number of amides is 1. The van der Waals surface area contributed by atoms with Crippen LogP contribution in [0.25, 0.3) is 0 Å². The maximum atomic E-state index is 12.8. The van der Waals surface area contributed by atoms with Gasteiger partial charge >= 0.3 is 0 Å². The third kappa shape index (κ3) is 2.85. The van der Waals surface area contributed by atoms with Crippen LogP contribution in [0.5, 0.6) is 0 Å². The average molecular weight is 410 g/mol. The summed E-state index contributed by atoms with van der Waals surface area (Å²) in [6.07, 6.45) is 0. The van der Waals surface area contributed by atoms with E-state index in [9.17, 15) is 4.79 Å². The smallest absolute Gasteiger partial charge is 0.258 e. The fraction of sp³-hybridized carbons (Fsp3) is 0.188. The largest absolute Gasteiger partial charge is 0.371 e. The van der Waals surface area contributed by atoms with Gasteiger partial charge in [-0.1, -0.05) is 44.0 Å². The Kier molecular flexibility index (Phi) is 4.04. The van der Waals surface area contributed by atoms with Crippen molar-refractivity contribution in [1.29, 1.82) is 0 Å². The van der Waals surface area contributed by atoms with Crippen molar-refractivity contribution in [2.24, 2.45) is 0 Å². The predicted octanol–water partition coefficient (Wildman–Crippen LogP) is 4.31. The van der Waals surface area contributed by atoms with Crippen LogP contribution in [0.3, 0.4) is 0 Å². The van der Waals surface area contributed by atoms with Gasteiger partial charge in [0.1, 0.15) is 0 Å². The molecule has 2 aromatic rings. The second-order valence-corrected chi connectivity index (χ2v) is 6.86. The van der Waals surface area contributed by atoms with E-state index in [0.717, 1.165) is 26.9 Å². The van der Waals surface area contributed by atoms with Crippen molar-refractivity contribution < 1.29 is 4.79 Å². The molecule has 2 aromatic carbocycles. The van der Waals surface area contributed by atoms with E-state index in [-0.39, 0.29) is 5.91 Å². The average Bonchev–Trinajstić information content (AvgIpc) is 2.46. The summed E-state index contributed by atoms with van der Waals surface area (Å²) in [6, 6.07) is 13.6. The van der Waals surface area contributed by atoms with Gasteiger partial charge in [-0.3, -0.25) is 4.79 Å². The van der Waals surface area contributed by atoms with Crippen LogP contribution in [0.15, 0.2) is 51.4 Å². The Balaban J connectivity index is 2.01. The predicted molar refractivity (Wildman–Crippen MR) is 93.2 cm³/mol. The topological polar surface area (TPSA) is 23.6 Å². The molecule has 0 fully saturated rings. The zero-order valence-electron chi connectivity index (χ0n) is 11.5. The summed E-state index contributed by atoms with van der Waals surface area (Å²) in [7, 11) is 2.05. The number of carbonyl (C=O) groups excluding carboxylic acids is 1. The van der Waals surface area contributed by atoms with E-state index in [1.165, 1.54) is 0 Å². The molecule has 3 rings (SSSR count). The van der Waals surface area contributed by atoms with Crippen molar-refractivity contribution >= 4 is 49.1 Å². The van der Waals surface area contributed by atoms with Crippen LogP contribution in [0, 0.1) is 0 Å². The lowest BCUT2D eigenvalue weighted by Crippen LogP contribution is -2.42. The van der Waals surface area contributed by atoms with Crippen LogP contribution in [-0.2, 0) is 0 Å². The quantitative estimate of drug-likeness (QED) is 0.700. The molecule has 1 aliphatic heterocycles. The first kappa shape index (κ1) is 14.6. The third-order valence-corrected chi connectivity index (χ3v) is 4.51. The fourth-order valence-corrected chi connectivity index (χ4v) is 3.84. The molecule has 0 radical (unpaired) electrons. The molecule has 0 aliphatic carbocycles. The summed E-state index contributed by atoms with van der Waals surface area (Å²) in [6.45, 7) is 1.52. The Morgan fingerprint density at radius 2 is 1.62 bits per heavy atom. The van der Waals surface area contributed by atoms with Gasteiger partial charge in [-0.05, 0) is 30.3 Å². The molecule has 0 saturated carbocycles. The van der Waals surface area contributed by atoms with Crippen LogP contribution in [0.4, 0.5) is 11.4 Å². The summed E-state index contributed by atoms with van der Waals surface area (Å²) in [5.41, 5.74) is 2.73. The lowest BCUT2D eigenvalue weighted by molar-refractivity contribution is 0.0986. The Morgan fingerprint density at radius 1 is 1.00 bits per heavy atom. The number of nitrogens with zero attached hydrogens (tertiary/aromatic N) is 2. The molecule has 3 nitrogen and oxygen atoms in total. The first-order valence-electron chi connectivity index (χ1n) is 6.64. The van der Waals surface area contributed by atoms with Crippen LogP contribution in [0.1, 0.15) is 10.4 Å². The molecule has 0 bridgehead atoms. The van der Waals surface area contributed by atoms with E-state index in [1.54, 1.807) is 0 Å². The number of fused-ring (bicyclic) bond motifs is 1. The molecule has 1 heterocycles. The van der Waals surface area contributed by atoms with Crippen molar-refractivity contribution in [3.8, 4) is 0 Å². The molecule has 1 aliphatic rings. The molecule has 108 valence electrons. The van der Waals surface area contributed by atoms with Gasteiger partial charge in [-0.15, -0.1) is 0 Å². The highest BCUT2D eigenvalue weighted by Gasteiger charge is 2.25. The monoisotopic (exact) mass is 408 g/mol. The molecule has 1 amide bonds. The highest BCUT2D eigenvalue weighted by Crippen LogP contribution is 2.33. The van der Waals surface area contributed by atoms with Gasteiger partial charge < -0.3 is 9.80 Å². The molecule has 0 atom stereocenters. The first-order valence-corrected chi connectivity index (χ1v) is 8.23. The molecule has 0 saturated heterocycles. The normalized spacial score (nSPS) is 14.0. The van der Waals surface area contributed by atoms with Gasteiger partial charge in [0.05, 0.1) is 11.4 Å². The molecule has 0 unspecified atom stereocenters. The molecule has 21 heavy (non-hydrogen) atoms. The van der Waals surface area contributed by atoms with Crippen LogP contribution in [0.2, 0.25) is 0 Å². The van der Waals surface area contributed by atoms with E-state index in [1.807, 2.05) is 47.4 Å². The molecular formula is C16H14Br2N2O. The van der Waals surface area contributed by atoms with Crippen molar-refractivity contribution in [3.05, 3.63) is 57.0 Å². The lowest BCUT2D eigenvalue weighted by atomic mass is 10.1. The number of anilines is 2. The number of carbonyl (C=O) groups is 1. The maximum absolute atomic E-state index is 12.8. The minimum absolute atomic E-state index is 0.0255.